The van der Waals surface area contributed by atoms with Crippen molar-refractivity contribution in [2.75, 3.05) is 10.6 Å². The summed E-state index contributed by atoms with van der Waals surface area (Å²) >= 11 is 0. The number of amides is 1. The van der Waals surface area contributed by atoms with Crippen molar-refractivity contribution in [2.45, 2.75) is 19.4 Å². The van der Waals surface area contributed by atoms with Crippen molar-refractivity contribution >= 4 is 17.3 Å². The highest BCUT2D eigenvalue weighted by Gasteiger charge is 2.24. The van der Waals surface area contributed by atoms with Gasteiger partial charge in [-0.3, -0.25) is 4.79 Å². The first-order valence-corrected chi connectivity index (χ1v) is 6.66. The summed E-state index contributed by atoms with van der Waals surface area (Å²) in [7, 11) is 0. The predicted molar refractivity (Wildman–Crippen MR) is 76.7 cm³/mol. The van der Waals surface area contributed by atoms with Gasteiger partial charge in [-0.2, -0.15) is 0 Å². The quantitative estimate of drug-likeness (QED) is 0.863. The number of hydrogen-bond donors (Lipinski definition) is 1. The number of nitrogen functional groups attached to an aromatic ring is 1. The molecule has 1 aliphatic rings. The van der Waals surface area contributed by atoms with Crippen molar-refractivity contribution < 1.29 is 13.6 Å². The van der Waals surface area contributed by atoms with Gasteiger partial charge in [0.25, 0.3) is 0 Å². The topological polar surface area (TPSA) is 46.3 Å². The van der Waals surface area contributed by atoms with Crippen LogP contribution in [0.1, 0.15) is 17.5 Å². The third kappa shape index (κ3) is 2.72. The molecule has 1 aliphatic heterocycles. The minimum absolute atomic E-state index is 0.0584. The lowest BCUT2D eigenvalue weighted by Gasteiger charge is -2.29. The lowest BCUT2D eigenvalue weighted by molar-refractivity contribution is -0.119. The Labute approximate surface area is 121 Å². The van der Waals surface area contributed by atoms with E-state index in [1.165, 1.54) is 12.1 Å². The second kappa shape index (κ2) is 5.16. The van der Waals surface area contributed by atoms with Crippen LogP contribution in [0.5, 0.6) is 0 Å². The van der Waals surface area contributed by atoms with Crippen LogP contribution in [0.4, 0.5) is 20.2 Å². The maximum atomic E-state index is 13.3. The summed E-state index contributed by atoms with van der Waals surface area (Å²) in [6.07, 6.45) is 1.00. The highest BCUT2D eigenvalue weighted by atomic mass is 19.1. The highest BCUT2D eigenvalue weighted by molar-refractivity contribution is 5.96. The van der Waals surface area contributed by atoms with Crippen LogP contribution in [0, 0.1) is 11.6 Å². The van der Waals surface area contributed by atoms with E-state index in [0.717, 1.165) is 17.3 Å². The molecule has 3 rings (SSSR count). The first-order chi connectivity index (χ1) is 10.0. The normalized spacial score (nSPS) is 14.2. The molecule has 1 heterocycles. The average molecular weight is 288 g/mol. The number of aryl methyl sites for hydroxylation is 1. The van der Waals surface area contributed by atoms with E-state index < -0.39 is 11.6 Å². The first kappa shape index (κ1) is 13.5. The van der Waals surface area contributed by atoms with E-state index in [0.29, 0.717) is 24.1 Å². The molecule has 0 spiro atoms. The fourth-order valence-electron chi connectivity index (χ4n) is 2.64. The number of nitrogens with two attached hydrogens (primary N) is 1. The molecule has 0 fully saturated rings. The maximum Gasteiger partial charge on any atom is 0.227 e. The van der Waals surface area contributed by atoms with Gasteiger partial charge in [-0.15, -0.1) is 0 Å². The summed E-state index contributed by atoms with van der Waals surface area (Å²) in [5.41, 5.74) is 8.55. The summed E-state index contributed by atoms with van der Waals surface area (Å²) in [5, 5.41) is 0. The average Bonchev–Trinajstić information content (AvgIpc) is 2.41. The zero-order valence-corrected chi connectivity index (χ0v) is 11.3. The smallest absolute Gasteiger partial charge is 0.227 e. The van der Waals surface area contributed by atoms with Crippen molar-refractivity contribution in [3.05, 3.63) is 59.2 Å². The van der Waals surface area contributed by atoms with Crippen molar-refractivity contribution in [3.8, 4) is 0 Å². The number of fused-ring (bicyclic) bond motifs is 1. The molecular formula is C16H14F2N2O. The number of rotatable bonds is 2. The molecule has 0 unspecified atom stereocenters. The molecular weight excluding hydrogens is 274 g/mol. The van der Waals surface area contributed by atoms with Crippen LogP contribution in [0.15, 0.2) is 36.4 Å². The molecule has 0 bridgehead atoms. The maximum absolute atomic E-state index is 13.3. The molecule has 2 aromatic rings. The summed E-state index contributed by atoms with van der Waals surface area (Å²) < 4.78 is 26.5. The van der Waals surface area contributed by atoms with E-state index in [4.69, 9.17) is 5.73 Å². The fourth-order valence-corrected chi connectivity index (χ4v) is 2.64. The van der Waals surface area contributed by atoms with Gasteiger partial charge in [0, 0.05) is 23.9 Å². The van der Waals surface area contributed by atoms with E-state index in [-0.39, 0.29) is 12.5 Å². The van der Waals surface area contributed by atoms with Crippen LogP contribution in [0.3, 0.4) is 0 Å². The number of benzene rings is 2. The molecule has 0 radical (unpaired) electrons. The second-order valence-electron chi connectivity index (χ2n) is 5.15. The minimum Gasteiger partial charge on any atom is -0.399 e. The van der Waals surface area contributed by atoms with E-state index in [1.54, 1.807) is 17.0 Å². The van der Waals surface area contributed by atoms with E-state index in [1.807, 2.05) is 6.07 Å². The molecule has 1 amide bonds. The molecule has 2 aromatic carbocycles. The zero-order valence-electron chi connectivity index (χ0n) is 11.3. The molecule has 5 heteroatoms. The number of anilines is 2. The van der Waals surface area contributed by atoms with Gasteiger partial charge in [-0.25, -0.2) is 8.78 Å². The van der Waals surface area contributed by atoms with Crippen LogP contribution in [0.2, 0.25) is 0 Å². The zero-order chi connectivity index (χ0) is 15.0. The number of hydrogen-bond acceptors (Lipinski definition) is 2. The van der Waals surface area contributed by atoms with Crippen LogP contribution >= 0.6 is 0 Å². The van der Waals surface area contributed by atoms with Gasteiger partial charge in [-0.05, 0) is 47.9 Å². The second-order valence-corrected chi connectivity index (χ2v) is 5.15. The predicted octanol–water partition coefficient (Wildman–Crippen LogP) is 3.03. The lowest BCUT2D eigenvalue weighted by Crippen LogP contribution is -2.34. The Kier molecular flexibility index (Phi) is 3.33. The van der Waals surface area contributed by atoms with E-state index in [2.05, 4.69) is 0 Å². The molecule has 0 aliphatic carbocycles. The molecule has 108 valence electrons. The van der Waals surface area contributed by atoms with E-state index in [9.17, 15) is 13.6 Å². The van der Waals surface area contributed by atoms with Crippen molar-refractivity contribution in [2.24, 2.45) is 0 Å². The SMILES string of the molecule is Nc1ccc2c(c1)CCC(=O)N2Cc1cc(F)cc(F)c1. The monoisotopic (exact) mass is 288 g/mol. The molecule has 0 aromatic heterocycles. The Balaban J connectivity index is 1.96. The Hall–Kier alpha value is -2.43. The number of halogens is 2. The summed E-state index contributed by atoms with van der Waals surface area (Å²) in [6, 6.07) is 8.62. The van der Waals surface area contributed by atoms with Crippen molar-refractivity contribution in [3.63, 3.8) is 0 Å². The van der Waals surface area contributed by atoms with Gasteiger partial charge in [-0.1, -0.05) is 0 Å². The van der Waals surface area contributed by atoms with Crippen LogP contribution in [-0.2, 0) is 17.8 Å². The number of nitrogens with zero attached hydrogens (tertiary/aromatic N) is 1. The molecule has 3 nitrogen and oxygen atoms in total. The van der Waals surface area contributed by atoms with Gasteiger partial charge >= 0.3 is 0 Å². The summed E-state index contributed by atoms with van der Waals surface area (Å²) in [4.78, 5) is 13.7. The largest absolute Gasteiger partial charge is 0.399 e. The lowest BCUT2D eigenvalue weighted by atomic mass is 9.99. The van der Waals surface area contributed by atoms with Crippen molar-refractivity contribution in [1.29, 1.82) is 0 Å². The number of carbonyl (C=O) groups is 1. The van der Waals surface area contributed by atoms with Gasteiger partial charge in [0.1, 0.15) is 11.6 Å². The van der Waals surface area contributed by atoms with Crippen molar-refractivity contribution in [1.82, 2.24) is 0 Å². The number of carbonyl (C=O) groups excluding carboxylic acids is 1. The third-order valence-electron chi connectivity index (χ3n) is 3.57. The van der Waals surface area contributed by atoms with Gasteiger partial charge < -0.3 is 10.6 Å². The summed E-state index contributed by atoms with van der Waals surface area (Å²) in [6.45, 7) is 0.143. The highest BCUT2D eigenvalue weighted by Crippen LogP contribution is 2.30. The third-order valence-corrected chi connectivity index (χ3v) is 3.57. The van der Waals surface area contributed by atoms with Gasteiger partial charge in [0.2, 0.25) is 5.91 Å². The minimum atomic E-state index is -0.646. The summed E-state index contributed by atoms with van der Waals surface area (Å²) in [5.74, 6) is -1.35. The van der Waals surface area contributed by atoms with Crippen LogP contribution in [0.25, 0.3) is 0 Å². The van der Waals surface area contributed by atoms with Gasteiger partial charge in [0.15, 0.2) is 0 Å². The van der Waals surface area contributed by atoms with E-state index >= 15 is 0 Å². The molecule has 0 atom stereocenters. The Morgan fingerprint density at radius 1 is 1.05 bits per heavy atom. The Morgan fingerprint density at radius 3 is 2.48 bits per heavy atom. The first-order valence-electron chi connectivity index (χ1n) is 6.66. The fraction of sp³-hybridized carbons (Fsp3) is 0.188. The molecule has 21 heavy (non-hydrogen) atoms. The molecule has 0 saturated heterocycles. The molecule has 0 saturated carbocycles. The van der Waals surface area contributed by atoms with Crippen LogP contribution < -0.4 is 10.6 Å². The standard InChI is InChI=1S/C16H14F2N2O/c17-12-5-10(6-13(18)8-12)9-20-15-3-2-14(19)7-11(15)1-4-16(20)21/h2-3,5-8H,1,4,9,19H2. The van der Waals surface area contributed by atoms with Crippen LogP contribution in [-0.4, -0.2) is 5.91 Å². The van der Waals surface area contributed by atoms with Gasteiger partial charge in [0.05, 0.1) is 6.54 Å². The molecule has 2 N–H and O–H groups in total. The Bertz CT molecular complexity index is 695. The Morgan fingerprint density at radius 2 is 1.76 bits per heavy atom.